The van der Waals surface area contributed by atoms with Crippen LogP contribution in [0.15, 0.2) is 29.3 Å². The molecule has 0 amide bonds. The summed E-state index contributed by atoms with van der Waals surface area (Å²) >= 11 is 0. The smallest absolute Gasteiger partial charge is 0.191 e. The van der Waals surface area contributed by atoms with Crippen LogP contribution in [0.3, 0.4) is 0 Å². The van der Waals surface area contributed by atoms with Gasteiger partial charge >= 0.3 is 0 Å². The molecule has 1 aromatic carbocycles. The number of guanidine groups is 1. The van der Waals surface area contributed by atoms with Gasteiger partial charge in [0, 0.05) is 38.3 Å². The van der Waals surface area contributed by atoms with Gasteiger partial charge in [-0.3, -0.25) is 4.99 Å². The van der Waals surface area contributed by atoms with Gasteiger partial charge in [0.15, 0.2) is 5.96 Å². The minimum Gasteiger partial charge on any atom is -0.494 e. The molecule has 1 aromatic rings. The van der Waals surface area contributed by atoms with Gasteiger partial charge in [-0.15, -0.1) is 24.0 Å². The van der Waals surface area contributed by atoms with Crippen LogP contribution in [0, 0.1) is 0 Å². The Hall–Kier alpha value is -1.06. The van der Waals surface area contributed by atoms with Crippen LogP contribution in [0.2, 0.25) is 0 Å². The minimum atomic E-state index is 0. The van der Waals surface area contributed by atoms with Gasteiger partial charge < -0.3 is 24.8 Å². The third-order valence-corrected chi connectivity index (χ3v) is 5.63. The van der Waals surface area contributed by atoms with Crippen molar-refractivity contribution in [3.05, 3.63) is 29.8 Å². The highest BCUT2D eigenvalue weighted by Crippen LogP contribution is 2.36. The van der Waals surface area contributed by atoms with E-state index in [1.807, 2.05) is 6.92 Å². The zero-order chi connectivity index (χ0) is 19.7. The van der Waals surface area contributed by atoms with Crippen molar-refractivity contribution in [2.45, 2.75) is 51.0 Å². The summed E-state index contributed by atoms with van der Waals surface area (Å²) in [6, 6.07) is 8.53. The lowest BCUT2D eigenvalue weighted by Crippen LogP contribution is -2.43. The third-order valence-electron chi connectivity index (χ3n) is 5.63. The van der Waals surface area contributed by atoms with Crippen molar-refractivity contribution in [3.63, 3.8) is 0 Å². The number of benzene rings is 1. The van der Waals surface area contributed by atoms with Gasteiger partial charge in [-0.05, 0) is 57.2 Å². The molecule has 0 aromatic heterocycles. The summed E-state index contributed by atoms with van der Waals surface area (Å²) in [7, 11) is 0. The number of aliphatic imine (C=N–C) groups is 1. The molecule has 3 rings (SSSR count). The van der Waals surface area contributed by atoms with E-state index in [0.29, 0.717) is 12.7 Å². The number of hydrogen-bond acceptors (Lipinski definition) is 4. The Balaban J connectivity index is 0.00000300. The van der Waals surface area contributed by atoms with Gasteiger partial charge in [-0.2, -0.15) is 0 Å². The van der Waals surface area contributed by atoms with E-state index in [1.54, 1.807) is 0 Å². The second-order valence-electron chi connectivity index (χ2n) is 7.56. The Labute approximate surface area is 192 Å². The second kappa shape index (κ2) is 12.6. The Morgan fingerprint density at radius 2 is 1.90 bits per heavy atom. The summed E-state index contributed by atoms with van der Waals surface area (Å²) < 4.78 is 17.0. The van der Waals surface area contributed by atoms with Gasteiger partial charge in [0.2, 0.25) is 0 Å². The molecule has 1 unspecified atom stereocenters. The van der Waals surface area contributed by atoms with Gasteiger partial charge in [0.1, 0.15) is 5.75 Å². The van der Waals surface area contributed by atoms with Crippen LogP contribution in [-0.2, 0) is 14.9 Å². The van der Waals surface area contributed by atoms with Crippen LogP contribution < -0.4 is 15.4 Å². The number of rotatable bonds is 8. The van der Waals surface area contributed by atoms with Gasteiger partial charge in [-0.1, -0.05) is 12.1 Å². The van der Waals surface area contributed by atoms with Crippen LogP contribution in [0.5, 0.6) is 5.75 Å². The minimum absolute atomic E-state index is 0. The molecule has 2 aliphatic heterocycles. The number of hydrogen-bond donors (Lipinski definition) is 2. The predicted octanol–water partition coefficient (Wildman–Crippen LogP) is 3.49. The lowest BCUT2D eigenvalue weighted by molar-refractivity contribution is 0.0530. The van der Waals surface area contributed by atoms with Crippen LogP contribution in [-0.4, -0.2) is 58.1 Å². The first kappa shape index (κ1) is 24.2. The van der Waals surface area contributed by atoms with E-state index in [2.05, 4.69) is 41.8 Å². The second-order valence-corrected chi connectivity index (χ2v) is 7.56. The molecular formula is C22H36IN3O3. The molecule has 0 aliphatic carbocycles. The molecule has 0 saturated carbocycles. The largest absolute Gasteiger partial charge is 0.494 e. The quantitative estimate of drug-likeness (QED) is 0.314. The van der Waals surface area contributed by atoms with Crippen LogP contribution in [0.25, 0.3) is 0 Å². The molecule has 164 valence electrons. The van der Waals surface area contributed by atoms with E-state index >= 15 is 0 Å². The molecule has 0 radical (unpaired) electrons. The fraction of sp³-hybridized carbons (Fsp3) is 0.682. The fourth-order valence-electron chi connectivity index (χ4n) is 3.96. The van der Waals surface area contributed by atoms with Crippen LogP contribution in [0.4, 0.5) is 0 Å². The van der Waals surface area contributed by atoms with E-state index in [4.69, 9.17) is 19.2 Å². The maximum absolute atomic E-state index is 5.72. The highest BCUT2D eigenvalue weighted by atomic mass is 127. The molecule has 29 heavy (non-hydrogen) atoms. The summed E-state index contributed by atoms with van der Waals surface area (Å²) in [5.74, 6) is 1.79. The predicted molar refractivity (Wildman–Crippen MR) is 128 cm³/mol. The van der Waals surface area contributed by atoms with Crippen molar-refractivity contribution in [2.24, 2.45) is 4.99 Å². The van der Waals surface area contributed by atoms with Crippen molar-refractivity contribution < 1.29 is 14.2 Å². The molecule has 2 heterocycles. The molecule has 0 bridgehead atoms. The number of ether oxygens (including phenoxy) is 3. The molecule has 2 N–H and O–H groups in total. The zero-order valence-corrected chi connectivity index (χ0v) is 20.1. The average molecular weight is 517 g/mol. The first-order valence-electron chi connectivity index (χ1n) is 10.7. The van der Waals surface area contributed by atoms with Gasteiger partial charge in [0.25, 0.3) is 0 Å². The maximum atomic E-state index is 5.72. The van der Waals surface area contributed by atoms with E-state index < -0.39 is 0 Å². The zero-order valence-electron chi connectivity index (χ0n) is 17.7. The lowest BCUT2D eigenvalue weighted by Gasteiger charge is -2.36. The van der Waals surface area contributed by atoms with Gasteiger partial charge in [0.05, 0.1) is 19.3 Å². The Morgan fingerprint density at radius 1 is 1.14 bits per heavy atom. The van der Waals surface area contributed by atoms with Crippen molar-refractivity contribution in [2.75, 3.05) is 46.1 Å². The summed E-state index contributed by atoms with van der Waals surface area (Å²) in [6.45, 7) is 9.62. The molecule has 7 heteroatoms. The monoisotopic (exact) mass is 517 g/mol. The van der Waals surface area contributed by atoms with E-state index in [0.717, 1.165) is 76.8 Å². The Kier molecular flexibility index (Phi) is 10.5. The average Bonchev–Trinajstić information content (AvgIpc) is 3.25. The molecule has 0 spiro atoms. The van der Waals surface area contributed by atoms with Gasteiger partial charge in [-0.25, -0.2) is 0 Å². The lowest BCUT2D eigenvalue weighted by atomic mass is 9.74. The van der Waals surface area contributed by atoms with E-state index in [-0.39, 0.29) is 29.4 Å². The highest BCUT2D eigenvalue weighted by molar-refractivity contribution is 14.0. The molecule has 2 fully saturated rings. The molecular weight excluding hydrogens is 481 g/mol. The van der Waals surface area contributed by atoms with Crippen molar-refractivity contribution in [3.8, 4) is 5.75 Å². The highest BCUT2D eigenvalue weighted by Gasteiger charge is 2.34. The molecule has 2 saturated heterocycles. The summed E-state index contributed by atoms with van der Waals surface area (Å²) in [5.41, 5.74) is 1.33. The van der Waals surface area contributed by atoms with Crippen molar-refractivity contribution in [1.82, 2.24) is 10.6 Å². The number of nitrogens with zero attached hydrogens (tertiary/aromatic N) is 1. The van der Waals surface area contributed by atoms with Crippen LogP contribution >= 0.6 is 24.0 Å². The topological polar surface area (TPSA) is 64.1 Å². The standard InChI is InChI=1S/C22H35N3O3.HI/c1-3-23-21(24-16-20-6-5-13-28-20)25-17-22(11-14-26-15-12-22)18-7-9-19(10-8-18)27-4-2;/h7-10,20H,3-6,11-17H2,1-2H3,(H2,23,24,25);1H. The normalized spacial score (nSPS) is 21.3. The molecule has 6 nitrogen and oxygen atoms in total. The van der Waals surface area contributed by atoms with E-state index in [1.165, 1.54) is 5.56 Å². The number of nitrogens with one attached hydrogen (secondary N) is 2. The summed E-state index contributed by atoms with van der Waals surface area (Å²) in [4.78, 5) is 4.96. The third kappa shape index (κ3) is 7.00. The molecule has 2 aliphatic rings. The first-order chi connectivity index (χ1) is 13.8. The Bertz CT molecular complexity index is 612. The molecule has 1 atom stereocenters. The maximum Gasteiger partial charge on any atom is 0.191 e. The van der Waals surface area contributed by atoms with Crippen molar-refractivity contribution in [1.29, 1.82) is 0 Å². The summed E-state index contributed by atoms with van der Waals surface area (Å²) in [5, 5.41) is 6.83. The number of halogens is 1. The SMILES string of the molecule is CCNC(=NCC1(c2ccc(OCC)cc2)CCOCC1)NCC1CCCO1.I. The Morgan fingerprint density at radius 3 is 2.52 bits per heavy atom. The first-order valence-corrected chi connectivity index (χ1v) is 10.7. The van der Waals surface area contributed by atoms with Crippen molar-refractivity contribution >= 4 is 29.9 Å². The van der Waals surface area contributed by atoms with E-state index in [9.17, 15) is 0 Å². The summed E-state index contributed by atoms with van der Waals surface area (Å²) in [6.07, 6.45) is 4.54. The fourth-order valence-corrected chi connectivity index (χ4v) is 3.96. The van der Waals surface area contributed by atoms with Crippen LogP contribution in [0.1, 0.15) is 45.1 Å².